The van der Waals surface area contributed by atoms with Gasteiger partial charge in [0.25, 0.3) is 5.91 Å². The second-order valence-corrected chi connectivity index (χ2v) is 6.43. The Morgan fingerprint density at radius 2 is 1.91 bits per heavy atom. The number of nitrogens with two attached hydrogens (primary N) is 1. The van der Waals surface area contributed by atoms with Crippen molar-refractivity contribution in [2.75, 3.05) is 11.4 Å². The summed E-state index contributed by atoms with van der Waals surface area (Å²) in [5.74, 6) is -0.185. The molecule has 0 aromatic heterocycles. The molecule has 4 nitrogen and oxygen atoms in total. The van der Waals surface area contributed by atoms with E-state index in [4.69, 9.17) is 10.5 Å². The third-order valence-electron chi connectivity index (χ3n) is 3.61. The molecule has 1 heterocycles. The lowest BCUT2D eigenvalue weighted by Gasteiger charge is -2.37. The van der Waals surface area contributed by atoms with E-state index in [-0.39, 0.29) is 12.5 Å². The van der Waals surface area contributed by atoms with E-state index in [0.717, 1.165) is 5.56 Å². The Morgan fingerprint density at radius 1 is 1.22 bits per heavy atom. The van der Waals surface area contributed by atoms with Crippen LogP contribution in [0.25, 0.3) is 0 Å². The topological polar surface area (TPSA) is 55.6 Å². The molecule has 0 spiro atoms. The van der Waals surface area contributed by atoms with Crippen LogP contribution in [0.2, 0.25) is 0 Å². The third kappa shape index (κ3) is 3.19. The van der Waals surface area contributed by atoms with Crippen LogP contribution in [0.4, 0.5) is 10.1 Å². The fraction of sp³-hybridized carbons (Fsp3) is 0.278. The Kier molecular flexibility index (Phi) is 3.82. The maximum absolute atomic E-state index is 13.6. The molecule has 1 atom stereocenters. The molecule has 2 aromatic rings. The van der Waals surface area contributed by atoms with Gasteiger partial charge >= 0.3 is 0 Å². The van der Waals surface area contributed by atoms with E-state index in [2.05, 4.69) is 0 Å². The SMILES string of the molecule is CC(C)(N)CN1C(=O)C(c2ccccc2)Oc2ccc(F)cc21. The van der Waals surface area contributed by atoms with Gasteiger partial charge in [0.05, 0.1) is 5.69 Å². The monoisotopic (exact) mass is 314 g/mol. The van der Waals surface area contributed by atoms with Crippen molar-refractivity contribution in [3.05, 3.63) is 59.9 Å². The first-order chi connectivity index (χ1) is 10.8. The van der Waals surface area contributed by atoms with Crippen LogP contribution < -0.4 is 15.4 Å². The Balaban J connectivity index is 2.06. The van der Waals surface area contributed by atoms with Crippen molar-refractivity contribution >= 4 is 11.6 Å². The van der Waals surface area contributed by atoms with Gasteiger partial charge in [-0.1, -0.05) is 30.3 Å². The van der Waals surface area contributed by atoms with Gasteiger partial charge in [0.1, 0.15) is 11.6 Å². The summed E-state index contributed by atoms with van der Waals surface area (Å²) in [5.41, 5.74) is 6.64. The van der Waals surface area contributed by atoms with Crippen molar-refractivity contribution in [2.45, 2.75) is 25.5 Å². The molecule has 0 aliphatic carbocycles. The van der Waals surface area contributed by atoms with Crippen LogP contribution in [-0.4, -0.2) is 18.0 Å². The smallest absolute Gasteiger partial charge is 0.272 e. The predicted molar refractivity (Wildman–Crippen MR) is 86.8 cm³/mol. The second-order valence-electron chi connectivity index (χ2n) is 6.43. The highest BCUT2D eigenvalue weighted by molar-refractivity contribution is 6.00. The Morgan fingerprint density at radius 3 is 2.57 bits per heavy atom. The Labute approximate surface area is 134 Å². The van der Waals surface area contributed by atoms with Gasteiger partial charge in [0, 0.05) is 23.7 Å². The number of fused-ring (bicyclic) bond motifs is 1. The predicted octanol–water partition coefficient (Wildman–Crippen LogP) is 3.03. The fourth-order valence-corrected chi connectivity index (χ4v) is 2.65. The van der Waals surface area contributed by atoms with Crippen LogP contribution in [0.5, 0.6) is 5.75 Å². The van der Waals surface area contributed by atoms with E-state index < -0.39 is 17.5 Å². The number of halogens is 1. The molecule has 3 rings (SSSR count). The molecule has 0 saturated carbocycles. The highest BCUT2D eigenvalue weighted by Gasteiger charge is 2.37. The minimum Gasteiger partial charge on any atom is -0.474 e. The highest BCUT2D eigenvalue weighted by Crippen LogP contribution is 2.39. The summed E-state index contributed by atoms with van der Waals surface area (Å²) in [4.78, 5) is 14.4. The summed E-state index contributed by atoms with van der Waals surface area (Å²) < 4.78 is 19.5. The summed E-state index contributed by atoms with van der Waals surface area (Å²) in [5, 5.41) is 0. The first kappa shape index (κ1) is 15.5. The zero-order valence-corrected chi connectivity index (χ0v) is 13.1. The first-order valence-electron chi connectivity index (χ1n) is 7.46. The number of carbonyl (C=O) groups excluding carboxylic acids is 1. The number of benzene rings is 2. The van der Waals surface area contributed by atoms with E-state index in [1.54, 1.807) is 6.07 Å². The number of anilines is 1. The standard InChI is InChI=1S/C18H19FN2O2/c1-18(2,20)11-21-14-10-13(19)8-9-15(14)23-16(17(21)22)12-6-4-3-5-7-12/h3-10,16H,11,20H2,1-2H3. The van der Waals surface area contributed by atoms with E-state index >= 15 is 0 Å². The number of rotatable bonds is 3. The van der Waals surface area contributed by atoms with E-state index in [9.17, 15) is 9.18 Å². The van der Waals surface area contributed by atoms with Crippen molar-refractivity contribution < 1.29 is 13.9 Å². The summed E-state index contributed by atoms with van der Waals surface area (Å²) in [6.45, 7) is 3.92. The third-order valence-corrected chi connectivity index (χ3v) is 3.61. The van der Waals surface area contributed by atoms with Crippen LogP contribution in [0, 0.1) is 5.82 Å². The minimum absolute atomic E-state index is 0.243. The summed E-state index contributed by atoms with van der Waals surface area (Å²) in [6.07, 6.45) is -0.753. The number of amides is 1. The zero-order valence-electron chi connectivity index (χ0n) is 13.1. The molecule has 120 valence electrons. The molecule has 1 aliphatic rings. The molecule has 0 radical (unpaired) electrons. The first-order valence-corrected chi connectivity index (χ1v) is 7.46. The number of hydrogen-bond acceptors (Lipinski definition) is 3. The molecular weight excluding hydrogens is 295 g/mol. The maximum atomic E-state index is 13.6. The molecule has 2 aromatic carbocycles. The average molecular weight is 314 g/mol. The van der Waals surface area contributed by atoms with E-state index in [1.807, 2.05) is 44.2 Å². The zero-order chi connectivity index (χ0) is 16.6. The largest absolute Gasteiger partial charge is 0.474 e. The highest BCUT2D eigenvalue weighted by atomic mass is 19.1. The number of ether oxygens (including phenoxy) is 1. The second kappa shape index (κ2) is 5.66. The quantitative estimate of drug-likeness (QED) is 0.947. The Bertz CT molecular complexity index is 726. The molecular formula is C18H19FN2O2. The van der Waals surface area contributed by atoms with Crippen molar-refractivity contribution in [1.29, 1.82) is 0 Å². The Hall–Kier alpha value is -2.40. The van der Waals surface area contributed by atoms with Gasteiger partial charge < -0.3 is 15.4 Å². The molecule has 1 aliphatic heterocycles. The number of carbonyl (C=O) groups is 1. The van der Waals surface area contributed by atoms with Gasteiger partial charge in [-0.2, -0.15) is 0 Å². The molecule has 0 bridgehead atoms. The van der Waals surface area contributed by atoms with Gasteiger partial charge in [0.15, 0.2) is 0 Å². The van der Waals surface area contributed by atoms with Crippen LogP contribution in [0.15, 0.2) is 48.5 Å². The van der Waals surface area contributed by atoms with Gasteiger partial charge in [-0.3, -0.25) is 4.79 Å². The average Bonchev–Trinajstić information content (AvgIpc) is 2.50. The van der Waals surface area contributed by atoms with Crippen LogP contribution in [-0.2, 0) is 4.79 Å². The molecule has 0 saturated heterocycles. The van der Waals surface area contributed by atoms with Gasteiger partial charge in [-0.25, -0.2) is 4.39 Å². The molecule has 1 unspecified atom stereocenters. The number of nitrogens with zero attached hydrogens (tertiary/aromatic N) is 1. The molecule has 2 N–H and O–H groups in total. The normalized spacial score (nSPS) is 17.7. The molecule has 0 fully saturated rings. The fourth-order valence-electron chi connectivity index (χ4n) is 2.65. The van der Waals surface area contributed by atoms with Gasteiger partial charge in [-0.15, -0.1) is 0 Å². The van der Waals surface area contributed by atoms with E-state index in [0.29, 0.717) is 11.4 Å². The van der Waals surface area contributed by atoms with Crippen molar-refractivity contribution in [1.82, 2.24) is 0 Å². The summed E-state index contributed by atoms with van der Waals surface area (Å²) in [6, 6.07) is 13.4. The lowest BCUT2D eigenvalue weighted by molar-refractivity contribution is -0.126. The number of hydrogen-bond donors (Lipinski definition) is 1. The van der Waals surface area contributed by atoms with Crippen molar-refractivity contribution in [3.63, 3.8) is 0 Å². The summed E-state index contributed by atoms with van der Waals surface area (Å²) >= 11 is 0. The van der Waals surface area contributed by atoms with Crippen LogP contribution in [0.1, 0.15) is 25.5 Å². The van der Waals surface area contributed by atoms with Crippen molar-refractivity contribution in [2.24, 2.45) is 5.73 Å². The molecule has 5 heteroatoms. The van der Waals surface area contributed by atoms with Crippen LogP contribution >= 0.6 is 0 Å². The van der Waals surface area contributed by atoms with Crippen LogP contribution in [0.3, 0.4) is 0 Å². The summed E-state index contributed by atoms with van der Waals surface area (Å²) in [7, 11) is 0. The maximum Gasteiger partial charge on any atom is 0.272 e. The van der Waals surface area contributed by atoms with Gasteiger partial charge in [0.2, 0.25) is 6.10 Å². The van der Waals surface area contributed by atoms with Crippen molar-refractivity contribution in [3.8, 4) is 5.75 Å². The molecule has 1 amide bonds. The molecule has 23 heavy (non-hydrogen) atoms. The van der Waals surface area contributed by atoms with E-state index in [1.165, 1.54) is 17.0 Å². The lowest BCUT2D eigenvalue weighted by Crippen LogP contribution is -2.51. The van der Waals surface area contributed by atoms with Gasteiger partial charge in [-0.05, 0) is 26.0 Å². The minimum atomic E-state index is -0.753. The lowest BCUT2D eigenvalue weighted by atomic mass is 10.0.